The van der Waals surface area contributed by atoms with E-state index in [9.17, 15) is 5.26 Å². The van der Waals surface area contributed by atoms with Crippen LogP contribution in [0, 0.1) is 25.2 Å². The van der Waals surface area contributed by atoms with Gasteiger partial charge in [0.25, 0.3) is 0 Å². The Morgan fingerprint density at radius 2 is 2.00 bits per heavy atom. The van der Waals surface area contributed by atoms with Crippen LogP contribution in [0.15, 0.2) is 34.9 Å². The van der Waals surface area contributed by atoms with E-state index in [1.807, 2.05) is 44.2 Å². The first-order chi connectivity index (χ1) is 10.2. The van der Waals surface area contributed by atoms with Crippen LogP contribution >= 0.6 is 0 Å². The van der Waals surface area contributed by atoms with Gasteiger partial charge in [-0.2, -0.15) is 5.26 Å². The predicted molar refractivity (Wildman–Crippen MR) is 75.3 cm³/mol. The number of nitriles is 1. The van der Waals surface area contributed by atoms with Crippen LogP contribution in [0.5, 0.6) is 0 Å². The van der Waals surface area contributed by atoms with E-state index in [2.05, 4.69) is 21.5 Å². The van der Waals surface area contributed by atoms with E-state index >= 15 is 0 Å². The highest BCUT2D eigenvalue weighted by atomic mass is 16.5. The average Bonchev–Trinajstić information content (AvgIpc) is 3.06. The Morgan fingerprint density at radius 1 is 1.24 bits per heavy atom. The van der Waals surface area contributed by atoms with E-state index in [-0.39, 0.29) is 0 Å². The van der Waals surface area contributed by atoms with E-state index in [1.54, 1.807) is 4.68 Å². The normalized spacial score (nSPS) is 10.5. The third kappa shape index (κ3) is 2.30. The van der Waals surface area contributed by atoms with Crippen molar-refractivity contribution >= 4 is 0 Å². The molecule has 0 aliphatic heterocycles. The van der Waals surface area contributed by atoms with Crippen molar-refractivity contribution in [3.63, 3.8) is 0 Å². The van der Waals surface area contributed by atoms with Crippen molar-refractivity contribution in [1.29, 1.82) is 5.26 Å². The largest absolute Gasteiger partial charge is 0.361 e. The van der Waals surface area contributed by atoms with Gasteiger partial charge < -0.3 is 4.52 Å². The second-order valence-electron chi connectivity index (χ2n) is 4.72. The summed E-state index contributed by atoms with van der Waals surface area (Å²) in [6.07, 6.45) is 0. The molecule has 0 atom stereocenters. The maximum absolute atomic E-state index is 9.23. The fourth-order valence-corrected chi connectivity index (χ4v) is 2.26. The van der Waals surface area contributed by atoms with Crippen molar-refractivity contribution < 1.29 is 4.52 Å². The molecule has 2 aromatic heterocycles. The molecule has 6 nitrogen and oxygen atoms in total. The minimum atomic E-state index is 0.313. The molecule has 21 heavy (non-hydrogen) atoms. The van der Waals surface area contributed by atoms with Gasteiger partial charge in [-0.05, 0) is 13.8 Å². The number of hydrogen-bond acceptors (Lipinski definition) is 5. The molecule has 0 saturated heterocycles. The van der Waals surface area contributed by atoms with E-state index < -0.39 is 0 Å². The van der Waals surface area contributed by atoms with Crippen LogP contribution in [-0.4, -0.2) is 20.2 Å². The molecular weight excluding hydrogens is 266 g/mol. The van der Waals surface area contributed by atoms with Gasteiger partial charge in [-0.15, -0.1) is 5.10 Å². The molecule has 104 valence electrons. The van der Waals surface area contributed by atoms with Crippen molar-refractivity contribution in [2.75, 3.05) is 0 Å². The number of nitrogens with zero attached hydrogens (tertiary/aromatic N) is 5. The number of hydrogen-bond donors (Lipinski definition) is 0. The summed E-state index contributed by atoms with van der Waals surface area (Å²) in [4.78, 5) is 0. The molecule has 0 saturated carbocycles. The zero-order valence-electron chi connectivity index (χ0n) is 11.7. The number of aryl methyl sites for hydroxylation is 2. The van der Waals surface area contributed by atoms with Gasteiger partial charge in [-0.1, -0.05) is 40.7 Å². The summed E-state index contributed by atoms with van der Waals surface area (Å²) in [6, 6.07) is 11.7. The lowest BCUT2D eigenvalue weighted by Gasteiger charge is -2.06. The van der Waals surface area contributed by atoms with Gasteiger partial charge in [0.05, 0.1) is 12.2 Å². The van der Waals surface area contributed by atoms with Crippen LogP contribution in [-0.2, 0) is 6.54 Å². The van der Waals surface area contributed by atoms with Gasteiger partial charge in [-0.25, -0.2) is 4.68 Å². The topological polar surface area (TPSA) is 80.5 Å². The van der Waals surface area contributed by atoms with Crippen LogP contribution in [0.4, 0.5) is 0 Å². The lowest BCUT2D eigenvalue weighted by Crippen LogP contribution is -2.06. The van der Waals surface area contributed by atoms with E-state index in [0.717, 1.165) is 22.6 Å². The third-order valence-corrected chi connectivity index (χ3v) is 3.38. The Labute approximate surface area is 121 Å². The maximum Gasteiger partial charge on any atom is 0.190 e. The van der Waals surface area contributed by atoms with E-state index in [0.29, 0.717) is 17.9 Å². The van der Waals surface area contributed by atoms with Gasteiger partial charge in [0.15, 0.2) is 5.69 Å². The van der Waals surface area contributed by atoms with Crippen LogP contribution in [0.25, 0.3) is 11.3 Å². The van der Waals surface area contributed by atoms with Gasteiger partial charge in [0.1, 0.15) is 17.5 Å². The highest BCUT2D eigenvalue weighted by Crippen LogP contribution is 2.23. The Kier molecular flexibility index (Phi) is 3.24. The summed E-state index contributed by atoms with van der Waals surface area (Å²) in [6.45, 7) is 4.22. The Balaban J connectivity index is 2.09. The minimum Gasteiger partial charge on any atom is -0.361 e. The first kappa shape index (κ1) is 13.1. The van der Waals surface area contributed by atoms with Crippen molar-refractivity contribution in [1.82, 2.24) is 20.2 Å². The molecule has 0 radical (unpaired) electrons. The second-order valence-corrected chi connectivity index (χ2v) is 4.72. The molecule has 2 heterocycles. The molecule has 0 fully saturated rings. The first-order valence-electron chi connectivity index (χ1n) is 6.51. The molecule has 0 spiro atoms. The molecule has 0 amide bonds. The Morgan fingerprint density at radius 3 is 2.62 bits per heavy atom. The predicted octanol–water partition coefficient (Wildman–Crippen LogP) is 2.47. The molecular formula is C15H13N5O. The molecule has 0 aliphatic carbocycles. The summed E-state index contributed by atoms with van der Waals surface area (Å²) in [7, 11) is 0. The van der Waals surface area contributed by atoms with Crippen molar-refractivity contribution in [2.24, 2.45) is 0 Å². The van der Waals surface area contributed by atoms with Crippen LogP contribution < -0.4 is 0 Å². The quantitative estimate of drug-likeness (QED) is 0.735. The molecule has 6 heteroatoms. The van der Waals surface area contributed by atoms with Crippen molar-refractivity contribution in [2.45, 2.75) is 20.4 Å². The zero-order valence-corrected chi connectivity index (χ0v) is 11.7. The second kappa shape index (κ2) is 5.21. The fraction of sp³-hybridized carbons (Fsp3) is 0.200. The molecule has 0 unspecified atom stereocenters. The van der Waals surface area contributed by atoms with Crippen molar-refractivity contribution in [3.05, 3.63) is 53.0 Å². The SMILES string of the molecule is Cc1noc(C)c1Cn1nnc(C#N)c1-c1ccccc1. The monoisotopic (exact) mass is 279 g/mol. The van der Waals surface area contributed by atoms with Gasteiger partial charge in [-0.3, -0.25) is 0 Å². The van der Waals surface area contributed by atoms with Gasteiger partial charge in [0, 0.05) is 11.1 Å². The number of benzene rings is 1. The van der Waals surface area contributed by atoms with E-state index in [4.69, 9.17) is 4.52 Å². The highest BCUT2D eigenvalue weighted by molar-refractivity contribution is 5.64. The molecule has 0 aliphatic rings. The highest BCUT2D eigenvalue weighted by Gasteiger charge is 2.17. The van der Waals surface area contributed by atoms with Gasteiger partial charge >= 0.3 is 0 Å². The first-order valence-corrected chi connectivity index (χ1v) is 6.51. The standard InChI is InChI=1S/C15H13N5O/c1-10-13(11(2)21-18-10)9-20-15(14(8-16)17-19-20)12-6-4-3-5-7-12/h3-7H,9H2,1-2H3. The van der Waals surface area contributed by atoms with Crippen LogP contribution in [0.1, 0.15) is 22.7 Å². The summed E-state index contributed by atoms with van der Waals surface area (Å²) in [5.74, 6) is 0.750. The van der Waals surface area contributed by atoms with Gasteiger partial charge in [0.2, 0.25) is 0 Å². The summed E-state index contributed by atoms with van der Waals surface area (Å²) >= 11 is 0. The molecule has 0 N–H and O–H groups in total. The van der Waals surface area contributed by atoms with Crippen LogP contribution in [0.3, 0.4) is 0 Å². The van der Waals surface area contributed by atoms with E-state index in [1.165, 1.54) is 0 Å². The summed E-state index contributed by atoms with van der Waals surface area (Å²) in [5, 5.41) is 21.2. The van der Waals surface area contributed by atoms with Crippen LogP contribution in [0.2, 0.25) is 0 Å². The van der Waals surface area contributed by atoms with Crippen molar-refractivity contribution in [3.8, 4) is 17.3 Å². The molecule has 0 bridgehead atoms. The maximum atomic E-state index is 9.23. The summed E-state index contributed by atoms with van der Waals surface area (Å²) < 4.78 is 6.88. The summed E-state index contributed by atoms with van der Waals surface area (Å²) in [5.41, 5.74) is 3.71. The number of rotatable bonds is 3. The Bertz CT molecular complexity index is 791. The minimum absolute atomic E-state index is 0.313. The smallest absolute Gasteiger partial charge is 0.190 e. The zero-order chi connectivity index (χ0) is 14.8. The lowest BCUT2D eigenvalue weighted by molar-refractivity contribution is 0.391. The lowest BCUT2D eigenvalue weighted by atomic mass is 10.1. The Hall–Kier alpha value is -2.94. The average molecular weight is 279 g/mol. The molecule has 1 aromatic carbocycles. The fourth-order valence-electron chi connectivity index (χ4n) is 2.26. The molecule has 3 rings (SSSR count). The third-order valence-electron chi connectivity index (χ3n) is 3.38. The number of aromatic nitrogens is 4. The molecule has 3 aromatic rings.